The Morgan fingerprint density at radius 3 is 2.57 bits per heavy atom. The van der Waals surface area contributed by atoms with Crippen LogP contribution in [0.25, 0.3) is 0 Å². The number of fused-ring (bicyclic) bond motifs is 1. The average Bonchev–Trinajstić information content (AvgIpc) is 3.31. The highest BCUT2D eigenvalue weighted by molar-refractivity contribution is 6.10. The quantitative estimate of drug-likeness (QED) is 0.526. The van der Waals surface area contributed by atoms with Gasteiger partial charge in [-0.1, -0.05) is 18.6 Å². The van der Waals surface area contributed by atoms with Gasteiger partial charge in [-0.2, -0.15) is 13.2 Å². The van der Waals surface area contributed by atoms with E-state index in [4.69, 9.17) is 4.74 Å². The van der Waals surface area contributed by atoms with Gasteiger partial charge in [0.15, 0.2) is 0 Å². The molecule has 3 aromatic rings. The summed E-state index contributed by atoms with van der Waals surface area (Å²) in [5, 5.41) is 8.16. The number of alkyl halides is 3. The Labute approximate surface area is 200 Å². The number of benzene rings is 2. The van der Waals surface area contributed by atoms with Gasteiger partial charge in [-0.25, -0.2) is 0 Å². The predicted molar refractivity (Wildman–Crippen MR) is 122 cm³/mol. The fourth-order valence-electron chi connectivity index (χ4n) is 5.36. The number of ether oxygens (including phenoxy) is 1. The van der Waals surface area contributed by atoms with Crippen molar-refractivity contribution in [2.75, 3.05) is 18.1 Å². The second-order valence-corrected chi connectivity index (χ2v) is 9.97. The number of amides is 1. The molecule has 2 aromatic carbocycles. The maximum Gasteiger partial charge on any atom is 0.416 e. The molecule has 3 aliphatic rings. The molecule has 0 unspecified atom stereocenters. The number of rotatable bonds is 5. The van der Waals surface area contributed by atoms with Crippen molar-refractivity contribution < 1.29 is 22.7 Å². The lowest BCUT2D eigenvalue weighted by molar-refractivity contribution is -0.138. The lowest BCUT2D eigenvalue weighted by Crippen LogP contribution is -2.49. The van der Waals surface area contributed by atoms with Gasteiger partial charge in [0.05, 0.1) is 25.3 Å². The van der Waals surface area contributed by atoms with E-state index in [0.29, 0.717) is 30.9 Å². The van der Waals surface area contributed by atoms with Crippen LogP contribution in [0.15, 0.2) is 42.7 Å². The average molecular weight is 483 g/mol. The van der Waals surface area contributed by atoms with Crippen molar-refractivity contribution in [3.63, 3.8) is 0 Å². The molecule has 6 nitrogen and oxygen atoms in total. The number of carbonyl (C=O) groups excluding carboxylic acids is 1. The molecule has 182 valence electrons. The molecule has 35 heavy (non-hydrogen) atoms. The summed E-state index contributed by atoms with van der Waals surface area (Å²) in [6.45, 7) is 0.908. The zero-order chi connectivity index (χ0) is 24.4. The van der Waals surface area contributed by atoms with Gasteiger partial charge < -0.3 is 14.2 Å². The molecular formula is C26H25F3N4O2. The lowest BCUT2D eigenvalue weighted by Gasteiger charge is -2.42. The van der Waals surface area contributed by atoms with E-state index >= 15 is 0 Å². The smallest absolute Gasteiger partial charge is 0.379 e. The molecule has 2 fully saturated rings. The molecule has 0 atom stereocenters. The first-order valence-corrected chi connectivity index (χ1v) is 11.8. The van der Waals surface area contributed by atoms with Crippen molar-refractivity contribution in [2.24, 2.45) is 7.05 Å². The van der Waals surface area contributed by atoms with Crippen molar-refractivity contribution in [2.45, 2.75) is 49.7 Å². The first-order chi connectivity index (χ1) is 16.7. The molecule has 9 heteroatoms. The third-order valence-corrected chi connectivity index (χ3v) is 7.77. The topological polar surface area (TPSA) is 60.2 Å². The maximum atomic E-state index is 14.0. The van der Waals surface area contributed by atoms with E-state index in [1.54, 1.807) is 18.5 Å². The van der Waals surface area contributed by atoms with Crippen LogP contribution in [0.5, 0.6) is 0 Å². The van der Waals surface area contributed by atoms with Crippen molar-refractivity contribution in [1.29, 1.82) is 0 Å². The van der Waals surface area contributed by atoms with Crippen molar-refractivity contribution in [3.8, 4) is 0 Å². The van der Waals surface area contributed by atoms with Gasteiger partial charge in [0.2, 0.25) is 0 Å². The van der Waals surface area contributed by atoms with E-state index in [1.165, 1.54) is 11.0 Å². The summed E-state index contributed by atoms with van der Waals surface area (Å²) in [6, 6.07) is 10.5. The Morgan fingerprint density at radius 1 is 1.17 bits per heavy atom. The lowest BCUT2D eigenvalue weighted by atomic mass is 9.75. The monoisotopic (exact) mass is 482 g/mol. The van der Waals surface area contributed by atoms with Gasteiger partial charge in [0, 0.05) is 30.1 Å². The van der Waals surface area contributed by atoms with Crippen molar-refractivity contribution >= 4 is 11.6 Å². The molecule has 0 N–H and O–H groups in total. The van der Waals surface area contributed by atoms with Gasteiger partial charge in [-0.15, -0.1) is 10.2 Å². The van der Waals surface area contributed by atoms with Crippen LogP contribution in [0.1, 0.15) is 63.6 Å². The predicted octanol–water partition coefficient (Wildman–Crippen LogP) is 4.77. The molecule has 0 bridgehead atoms. The largest absolute Gasteiger partial charge is 0.416 e. The molecule has 1 aromatic heterocycles. The minimum atomic E-state index is -4.51. The van der Waals surface area contributed by atoms with Crippen LogP contribution in [0.3, 0.4) is 0 Å². The zero-order valence-corrected chi connectivity index (χ0v) is 19.3. The van der Waals surface area contributed by atoms with Crippen LogP contribution in [-0.4, -0.2) is 33.9 Å². The number of carbonyl (C=O) groups is 1. The van der Waals surface area contributed by atoms with Crippen molar-refractivity contribution in [1.82, 2.24) is 14.8 Å². The third kappa shape index (κ3) is 3.64. The van der Waals surface area contributed by atoms with Gasteiger partial charge in [0.25, 0.3) is 5.91 Å². The molecule has 3 heterocycles. The maximum absolute atomic E-state index is 14.0. The van der Waals surface area contributed by atoms with E-state index in [2.05, 4.69) is 10.2 Å². The Morgan fingerprint density at radius 2 is 1.97 bits per heavy atom. The second kappa shape index (κ2) is 7.91. The summed E-state index contributed by atoms with van der Waals surface area (Å²) in [4.78, 5) is 14.9. The molecule has 1 amide bonds. The Balaban J connectivity index is 1.35. The van der Waals surface area contributed by atoms with Crippen LogP contribution >= 0.6 is 0 Å². The Bertz CT molecular complexity index is 1310. The molecule has 6 rings (SSSR count). The number of aryl methyl sites for hydroxylation is 1. The Hall–Kier alpha value is -3.20. The Kier molecular flexibility index (Phi) is 5.03. The van der Waals surface area contributed by atoms with Crippen molar-refractivity contribution in [3.05, 3.63) is 76.4 Å². The summed E-state index contributed by atoms with van der Waals surface area (Å²) < 4.78 is 49.4. The SMILES string of the molecule is Cn1cnnc1CC1(c2cccc(N3Cc4c(cc(C5CCC5)cc4C(F)(F)F)C3=O)c2)COC1. The minimum absolute atomic E-state index is 0.0664. The van der Waals surface area contributed by atoms with Crippen LogP contribution in [0.2, 0.25) is 0 Å². The van der Waals surface area contributed by atoms with Crippen LogP contribution in [-0.2, 0) is 36.3 Å². The second-order valence-electron chi connectivity index (χ2n) is 9.97. The highest BCUT2D eigenvalue weighted by Gasteiger charge is 2.44. The van der Waals surface area contributed by atoms with E-state index in [-0.39, 0.29) is 34.9 Å². The number of halogens is 3. The molecule has 1 saturated heterocycles. The first-order valence-electron chi connectivity index (χ1n) is 11.8. The third-order valence-electron chi connectivity index (χ3n) is 7.77. The number of nitrogens with zero attached hydrogens (tertiary/aromatic N) is 4. The fourth-order valence-corrected chi connectivity index (χ4v) is 5.36. The molecule has 0 radical (unpaired) electrons. The standard InChI is InChI=1S/C26H25F3N4O2/c1-32-15-30-31-23(32)11-25(13-35-14-25)18-6-3-7-19(10-18)33-12-21-20(24(33)34)8-17(16-4-2-5-16)9-22(21)26(27,28)29/h3,6-10,15-16H,2,4-5,11-14H2,1H3. The molecule has 2 aliphatic heterocycles. The highest BCUT2D eigenvalue weighted by Crippen LogP contribution is 2.44. The van der Waals surface area contributed by atoms with Crippen LogP contribution in [0.4, 0.5) is 18.9 Å². The van der Waals surface area contributed by atoms with E-state index in [0.717, 1.165) is 30.7 Å². The van der Waals surface area contributed by atoms with E-state index < -0.39 is 11.7 Å². The summed E-state index contributed by atoms with van der Waals surface area (Å²) in [6.07, 6.45) is 0.498. The minimum Gasteiger partial charge on any atom is -0.379 e. The molecule has 1 aliphatic carbocycles. The van der Waals surface area contributed by atoms with Gasteiger partial charge in [-0.05, 0) is 59.7 Å². The first kappa shape index (κ1) is 22.3. The normalized spacial score (nSPS) is 19.4. The number of anilines is 1. The van der Waals surface area contributed by atoms with E-state index in [9.17, 15) is 18.0 Å². The molecule has 1 saturated carbocycles. The number of hydrogen-bond donors (Lipinski definition) is 0. The summed E-state index contributed by atoms with van der Waals surface area (Å²) in [5.74, 6) is 0.545. The highest BCUT2D eigenvalue weighted by atomic mass is 19.4. The molecule has 0 spiro atoms. The van der Waals surface area contributed by atoms with Crippen LogP contribution in [0, 0.1) is 0 Å². The molecular weight excluding hydrogens is 457 g/mol. The van der Waals surface area contributed by atoms with Gasteiger partial charge in [0.1, 0.15) is 12.2 Å². The number of aromatic nitrogens is 3. The fraction of sp³-hybridized carbons (Fsp3) is 0.423. The summed E-state index contributed by atoms with van der Waals surface area (Å²) in [7, 11) is 1.88. The van der Waals surface area contributed by atoms with Gasteiger partial charge >= 0.3 is 6.18 Å². The summed E-state index contributed by atoms with van der Waals surface area (Å²) in [5.41, 5.74) is 1.42. The van der Waals surface area contributed by atoms with Crippen LogP contribution < -0.4 is 4.90 Å². The van der Waals surface area contributed by atoms with Gasteiger partial charge in [-0.3, -0.25) is 4.79 Å². The summed E-state index contributed by atoms with van der Waals surface area (Å²) >= 11 is 0. The van der Waals surface area contributed by atoms with E-state index in [1.807, 2.05) is 29.8 Å². The number of hydrogen-bond acceptors (Lipinski definition) is 4. The zero-order valence-electron chi connectivity index (χ0n) is 19.3.